The van der Waals surface area contributed by atoms with Gasteiger partial charge in [0.2, 0.25) is 0 Å². The van der Waals surface area contributed by atoms with Crippen LogP contribution in [0.2, 0.25) is 0 Å². The maximum atomic E-state index is 11.6. The molecule has 1 aromatic carbocycles. The van der Waals surface area contributed by atoms with E-state index in [9.17, 15) is 4.79 Å². The molecule has 1 aromatic heterocycles. The molecular formula is C19H25N5O2. The van der Waals surface area contributed by atoms with Gasteiger partial charge in [-0.1, -0.05) is 30.3 Å². The van der Waals surface area contributed by atoms with Crippen molar-refractivity contribution in [1.82, 2.24) is 20.2 Å². The Balaban J connectivity index is 1.54. The lowest BCUT2D eigenvalue weighted by atomic mass is 9.97. The predicted molar refractivity (Wildman–Crippen MR) is 101 cm³/mol. The van der Waals surface area contributed by atoms with Crippen LogP contribution in [0.15, 0.2) is 41.5 Å². The number of carbonyl (C=O) groups is 1. The minimum absolute atomic E-state index is 0.00661. The molecule has 0 unspecified atom stereocenters. The molecule has 0 saturated carbocycles. The molecule has 0 bridgehead atoms. The number of methoxy groups -OCH3 is 1. The molecule has 0 radical (unpaired) electrons. The van der Waals surface area contributed by atoms with E-state index in [1.54, 1.807) is 7.05 Å². The van der Waals surface area contributed by atoms with Crippen LogP contribution in [0.4, 0.5) is 0 Å². The molecular weight excluding hydrogens is 330 g/mol. The highest BCUT2D eigenvalue weighted by Crippen LogP contribution is 2.19. The molecule has 138 valence electrons. The fourth-order valence-electron chi connectivity index (χ4n) is 3.21. The summed E-state index contributed by atoms with van der Waals surface area (Å²) >= 11 is 0. The van der Waals surface area contributed by atoms with E-state index in [0.717, 1.165) is 49.0 Å². The monoisotopic (exact) mass is 355 g/mol. The van der Waals surface area contributed by atoms with Crippen molar-refractivity contribution in [3.8, 4) is 11.3 Å². The molecule has 0 aliphatic carbocycles. The number of H-pyrrole nitrogens is 1. The quantitative estimate of drug-likeness (QED) is 0.498. The molecule has 1 fully saturated rings. The van der Waals surface area contributed by atoms with Gasteiger partial charge in [-0.05, 0) is 18.4 Å². The number of hydrogen-bond donors (Lipinski definition) is 2. The molecule has 0 spiro atoms. The third-order valence-corrected chi connectivity index (χ3v) is 4.67. The predicted octanol–water partition coefficient (Wildman–Crippen LogP) is 2.04. The zero-order chi connectivity index (χ0) is 18.4. The van der Waals surface area contributed by atoms with Gasteiger partial charge in [0.05, 0.1) is 31.5 Å². The second-order valence-electron chi connectivity index (χ2n) is 6.29. The molecule has 3 rings (SSSR count). The number of aromatic amines is 1. The number of ether oxygens (including phenoxy) is 1. The van der Waals surface area contributed by atoms with Crippen LogP contribution in [-0.2, 0) is 16.1 Å². The fourth-order valence-corrected chi connectivity index (χ4v) is 3.21. The Hall–Kier alpha value is -2.83. The lowest BCUT2D eigenvalue weighted by Crippen LogP contribution is -2.46. The molecule has 26 heavy (non-hydrogen) atoms. The van der Waals surface area contributed by atoms with Crippen LogP contribution < -0.4 is 5.32 Å². The summed E-state index contributed by atoms with van der Waals surface area (Å²) in [6.45, 7) is 2.14. The average molecular weight is 355 g/mol. The van der Waals surface area contributed by atoms with Crippen LogP contribution in [0.3, 0.4) is 0 Å². The normalized spacial score (nSPS) is 15.8. The number of aromatic nitrogens is 2. The maximum absolute atomic E-state index is 11.6. The van der Waals surface area contributed by atoms with E-state index in [4.69, 9.17) is 4.74 Å². The fraction of sp³-hybridized carbons (Fsp3) is 0.421. The summed E-state index contributed by atoms with van der Waals surface area (Å²) in [7, 11) is 3.22. The van der Waals surface area contributed by atoms with E-state index in [1.165, 1.54) is 7.11 Å². The Kier molecular flexibility index (Phi) is 5.88. The zero-order valence-corrected chi connectivity index (χ0v) is 15.2. The number of benzene rings is 1. The molecule has 7 heteroatoms. The third kappa shape index (κ3) is 4.22. The van der Waals surface area contributed by atoms with Crippen LogP contribution in [-0.4, -0.2) is 54.0 Å². The van der Waals surface area contributed by atoms with Crippen LogP contribution in [0, 0.1) is 5.92 Å². The van der Waals surface area contributed by atoms with E-state index in [0.29, 0.717) is 6.54 Å². The number of nitrogens with one attached hydrogen (secondary N) is 2. The molecule has 1 aliphatic rings. The van der Waals surface area contributed by atoms with Gasteiger partial charge >= 0.3 is 5.97 Å². The first-order valence-corrected chi connectivity index (χ1v) is 8.84. The van der Waals surface area contributed by atoms with Gasteiger partial charge in [-0.2, -0.15) is 0 Å². The number of aliphatic imine (C=N–C) groups is 1. The van der Waals surface area contributed by atoms with Crippen molar-refractivity contribution < 1.29 is 9.53 Å². The van der Waals surface area contributed by atoms with Crippen LogP contribution in [0.25, 0.3) is 11.3 Å². The van der Waals surface area contributed by atoms with Crippen molar-refractivity contribution >= 4 is 11.9 Å². The Morgan fingerprint density at radius 3 is 2.73 bits per heavy atom. The van der Waals surface area contributed by atoms with E-state index in [1.807, 2.05) is 24.4 Å². The Bertz CT molecular complexity index is 748. The van der Waals surface area contributed by atoms with Gasteiger partial charge < -0.3 is 19.9 Å². The standard InChI is InChI=1S/C19H25N5O2/c1-20-19(24-10-8-15(9-11-24)18(25)26-2)22-13-17-21-12-16(23-17)14-6-4-3-5-7-14/h3-7,12,15H,8-11,13H2,1-2H3,(H,20,22)(H,21,23). The number of nitrogens with zero attached hydrogens (tertiary/aromatic N) is 3. The van der Waals surface area contributed by atoms with Gasteiger partial charge in [-0.25, -0.2) is 4.98 Å². The average Bonchev–Trinajstić information content (AvgIpc) is 3.18. The summed E-state index contributed by atoms with van der Waals surface area (Å²) in [6, 6.07) is 10.1. The summed E-state index contributed by atoms with van der Waals surface area (Å²) in [5, 5.41) is 3.34. The van der Waals surface area contributed by atoms with Gasteiger partial charge in [0.15, 0.2) is 5.96 Å². The van der Waals surface area contributed by atoms with Crippen LogP contribution >= 0.6 is 0 Å². The summed E-state index contributed by atoms with van der Waals surface area (Å²) in [4.78, 5) is 25.9. The second-order valence-corrected chi connectivity index (χ2v) is 6.29. The van der Waals surface area contributed by atoms with Gasteiger partial charge in [0, 0.05) is 20.1 Å². The van der Waals surface area contributed by atoms with Crippen LogP contribution in [0.5, 0.6) is 0 Å². The third-order valence-electron chi connectivity index (χ3n) is 4.67. The van der Waals surface area contributed by atoms with Crippen molar-refractivity contribution in [2.45, 2.75) is 19.4 Å². The number of esters is 1. The Morgan fingerprint density at radius 2 is 2.08 bits per heavy atom. The van der Waals surface area contributed by atoms with Crippen molar-refractivity contribution in [1.29, 1.82) is 0 Å². The van der Waals surface area contributed by atoms with E-state index in [-0.39, 0.29) is 11.9 Å². The van der Waals surface area contributed by atoms with Crippen molar-refractivity contribution in [2.24, 2.45) is 10.9 Å². The lowest BCUT2D eigenvalue weighted by molar-refractivity contribution is -0.146. The van der Waals surface area contributed by atoms with Crippen molar-refractivity contribution in [3.05, 3.63) is 42.4 Å². The Labute approximate surface area is 153 Å². The minimum atomic E-state index is -0.114. The van der Waals surface area contributed by atoms with E-state index in [2.05, 4.69) is 37.3 Å². The molecule has 1 aliphatic heterocycles. The van der Waals surface area contributed by atoms with Crippen molar-refractivity contribution in [2.75, 3.05) is 27.2 Å². The maximum Gasteiger partial charge on any atom is 0.308 e. The van der Waals surface area contributed by atoms with Gasteiger partial charge in [-0.15, -0.1) is 0 Å². The molecule has 1 saturated heterocycles. The molecule has 0 atom stereocenters. The number of piperidine rings is 1. The molecule has 2 heterocycles. The minimum Gasteiger partial charge on any atom is -0.469 e. The molecule has 7 nitrogen and oxygen atoms in total. The number of carbonyl (C=O) groups excluding carboxylic acids is 1. The summed E-state index contributed by atoms with van der Waals surface area (Å²) < 4.78 is 4.84. The van der Waals surface area contributed by atoms with Gasteiger partial charge in [0.1, 0.15) is 5.82 Å². The number of guanidine groups is 1. The number of hydrogen-bond acceptors (Lipinski definition) is 4. The first kappa shape index (κ1) is 18.0. The SMILES string of the molecule is CN=C(NCc1ncc(-c2ccccc2)[nH]1)N1CCC(C(=O)OC)CC1. The largest absolute Gasteiger partial charge is 0.469 e. The topological polar surface area (TPSA) is 82.6 Å². The Morgan fingerprint density at radius 1 is 1.35 bits per heavy atom. The zero-order valence-electron chi connectivity index (χ0n) is 15.2. The number of likely N-dealkylation sites (tertiary alicyclic amines) is 1. The first-order chi connectivity index (χ1) is 12.7. The summed E-state index contributed by atoms with van der Waals surface area (Å²) in [6.07, 6.45) is 3.41. The highest BCUT2D eigenvalue weighted by atomic mass is 16.5. The molecule has 0 amide bonds. The smallest absolute Gasteiger partial charge is 0.308 e. The van der Waals surface area contributed by atoms with E-state index >= 15 is 0 Å². The first-order valence-electron chi connectivity index (χ1n) is 8.84. The van der Waals surface area contributed by atoms with Crippen LogP contribution in [0.1, 0.15) is 18.7 Å². The second kappa shape index (κ2) is 8.51. The molecule has 2 N–H and O–H groups in total. The van der Waals surface area contributed by atoms with Gasteiger partial charge in [0.25, 0.3) is 0 Å². The van der Waals surface area contributed by atoms with E-state index < -0.39 is 0 Å². The number of imidazole rings is 1. The van der Waals surface area contributed by atoms with Crippen molar-refractivity contribution in [3.63, 3.8) is 0 Å². The highest BCUT2D eigenvalue weighted by Gasteiger charge is 2.26. The summed E-state index contributed by atoms with van der Waals surface area (Å²) in [5.74, 6) is 1.56. The lowest BCUT2D eigenvalue weighted by Gasteiger charge is -2.33. The highest BCUT2D eigenvalue weighted by molar-refractivity contribution is 5.80. The molecule has 2 aromatic rings. The summed E-state index contributed by atoms with van der Waals surface area (Å²) in [5.41, 5.74) is 2.11. The van der Waals surface area contributed by atoms with Gasteiger partial charge in [-0.3, -0.25) is 9.79 Å². The number of rotatable bonds is 4.